The van der Waals surface area contributed by atoms with Crippen LogP contribution in [-0.4, -0.2) is 48.1 Å². The van der Waals surface area contributed by atoms with Gasteiger partial charge in [-0.1, -0.05) is 13.0 Å². The topological polar surface area (TPSA) is 52.6 Å². The smallest absolute Gasteiger partial charge is 0.191 e. The largest absolute Gasteiger partial charge is 0.357 e. The minimum Gasteiger partial charge on any atom is -0.357 e. The first-order chi connectivity index (χ1) is 10.8. The molecule has 0 saturated carbocycles. The zero-order valence-corrected chi connectivity index (χ0v) is 16.6. The van der Waals surface area contributed by atoms with E-state index in [4.69, 9.17) is 0 Å². The molecule has 1 unspecified atom stereocenters. The van der Waals surface area contributed by atoms with Crippen LogP contribution in [0.25, 0.3) is 0 Å². The van der Waals surface area contributed by atoms with Gasteiger partial charge in [0.15, 0.2) is 5.96 Å². The van der Waals surface area contributed by atoms with Crippen molar-refractivity contribution in [3.05, 3.63) is 30.1 Å². The standard InChI is InChI=1S/C17H29N5.HI/c1-3-16(22-11-7-8-12-22)14-21-17(18-4-2)20-13-15-9-5-6-10-19-15;/h5-6,9-10,16H,3-4,7-8,11-14H2,1-2H3,(H2,18,20,21);1H. The van der Waals surface area contributed by atoms with Gasteiger partial charge >= 0.3 is 0 Å². The molecule has 1 aromatic heterocycles. The number of aromatic nitrogens is 1. The Morgan fingerprint density at radius 3 is 2.65 bits per heavy atom. The highest BCUT2D eigenvalue weighted by atomic mass is 127. The molecular formula is C17H30IN5. The first-order valence-electron chi connectivity index (χ1n) is 8.49. The molecule has 6 heteroatoms. The molecule has 130 valence electrons. The van der Waals surface area contributed by atoms with Crippen molar-refractivity contribution in [3.8, 4) is 0 Å². The number of guanidine groups is 1. The minimum atomic E-state index is 0. The molecule has 0 aliphatic carbocycles. The molecule has 23 heavy (non-hydrogen) atoms. The summed E-state index contributed by atoms with van der Waals surface area (Å²) in [7, 11) is 0. The Balaban J connectivity index is 0.00000264. The molecular weight excluding hydrogens is 401 g/mol. The average molecular weight is 431 g/mol. The lowest BCUT2D eigenvalue weighted by Crippen LogP contribution is -2.46. The summed E-state index contributed by atoms with van der Waals surface area (Å²) in [6.07, 6.45) is 5.66. The van der Waals surface area contributed by atoms with Gasteiger partial charge in [-0.2, -0.15) is 0 Å². The predicted octanol–water partition coefficient (Wildman–Crippen LogP) is 2.63. The number of rotatable bonds is 7. The molecule has 1 aliphatic rings. The van der Waals surface area contributed by atoms with Gasteiger partial charge in [0.25, 0.3) is 0 Å². The van der Waals surface area contributed by atoms with Crippen molar-refractivity contribution in [1.29, 1.82) is 0 Å². The van der Waals surface area contributed by atoms with Crippen LogP contribution in [0.3, 0.4) is 0 Å². The number of halogens is 1. The van der Waals surface area contributed by atoms with Gasteiger partial charge in [-0.15, -0.1) is 24.0 Å². The van der Waals surface area contributed by atoms with E-state index in [0.717, 1.165) is 24.7 Å². The van der Waals surface area contributed by atoms with Gasteiger partial charge in [-0.25, -0.2) is 4.99 Å². The number of pyridine rings is 1. The monoisotopic (exact) mass is 431 g/mol. The van der Waals surface area contributed by atoms with Crippen LogP contribution in [0, 0.1) is 0 Å². The number of hydrogen-bond donors (Lipinski definition) is 2. The zero-order valence-electron chi connectivity index (χ0n) is 14.3. The fraction of sp³-hybridized carbons (Fsp3) is 0.647. The van der Waals surface area contributed by atoms with Crippen molar-refractivity contribution < 1.29 is 0 Å². The summed E-state index contributed by atoms with van der Waals surface area (Å²) in [6, 6.07) is 6.53. The number of hydrogen-bond acceptors (Lipinski definition) is 3. The van der Waals surface area contributed by atoms with Crippen molar-refractivity contribution in [3.63, 3.8) is 0 Å². The number of likely N-dealkylation sites (tertiary alicyclic amines) is 1. The van der Waals surface area contributed by atoms with Crippen LogP contribution in [0.15, 0.2) is 29.4 Å². The van der Waals surface area contributed by atoms with Gasteiger partial charge in [0.1, 0.15) is 0 Å². The Morgan fingerprint density at radius 2 is 2.04 bits per heavy atom. The summed E-state index contributed by atoms with van der Waals surface area (Å²) < 4.78 is 0. The molecule has 5 nitrogen and oxygen atoms in total. The van der Waals surface area contributed by atoms with Crippen LogP contribution in [0.4, 0.5) is 0 Å². The molecule has 2 N–H and O–H groups in total. The van der Waals surface area contributed by atoms with E-state index in [9.17, 15) is 0 Å². The van der Waals surface area contributed by atoms with Crippen molar-refractivity contribution >= 4 is 29.9 Å². The summed E-state index contributed by atoms with van der Waals surface area (Å²) in [4.78, 5) is 11.5. The fourth-order valence-corrected chi connectivity index (χ4v) is 2.85. The van der Waals surface area contributed by atoms with Crippen molar-refractivity contribution in [2.24, 2.45) is 4.99 Å². The highest BCUT2D eigenvalue weighted by Crippen LogP contribution is 2.13. The Morgan fingerprint density at radius 1 is 1.26 bits per heavy atom. The van der Waals surface area contributed by atoms with E-state index in [1.54, 1.807) is 0 Å². The maximum Gasteiger partial charge on any atom is 0.191 e. The van der Waals surface area contributed by atoms with Crippen molar-refractivity contribution in [1.82, 2.24) is 20.5 Å². The molecule has 0 bridgehead atoms. The Labute approximate surface area is 157 Å². The van der Waals surface area contributed by atoms with E-state index >= 15 is 0 Å². The molecule has 0 spiro atoms. The second kappa shape index (κ2) is 11.6. The maximum absolute atomic E-state index is 4.63. The molecule has 1 aliphatic heterocycles. The van der Waals surface area contributed by atoms with Crippen LogP contribution in [0.5, 0.6) is 0 Å². The van der Waals surface area contributed by atoms with E-state index in [2.05, 4.69) is 39.4 Å². The van der Waals surface area contributed by atoms with Gasteiger partial charge in [0.2, 0.25) is 0 Å². The zero-order chi connectivity index (χ0) is 15.6. The minimum absolute atomic E-state index is 0. The molecule has 0 amide bonds. The van der Waals surface area contributed by atoms with Crippen molar-refractivity contribution in [2.45, 2.75) is 45.7 Å². The highest BCUT2D eigenvalue weighted by molar-refractivity contribution is 14.0. The van der Waals surface area contributed by atoms with Crippen molar-refractivity contribution in [2.75, 3.05) is 26.2 Å². The van der Waals surface area contributed by atoms with E-state index in [0.29, 0.717) is 12.6 Å². The van der Waals surface area contributed by atoms with Crippen LogP contribution in [0.2, 0.25) is 0 Å². The lowest BCUT2D eigenvalue weighted by molar-refractivity contribution is 0.236. The lowest BCUT2D eigenvalue weighted by atomic mass is 10.2. The fourth-order valence-electron chi connectivity index (χ4n) is 2.85. The molecule has 0 radical (unpaired) electrons. The van der Waals surface area contributed by atoms with E-state index in [1.807, 2.05) is 24.4 Å². The summed E-state index contributed by atoms with van der Waals surface area (Å²) in [5, 5.41) is 6.80. The van der Waals surface area contributed by atoms with Crippen LogP contribution < -0.4 is 10.6 Å². The Hall–Kier alpha value is -0.890. The third-order valence-corrected chi connectivity index (χ3v) is 4.10. The second-order valence-corrected chi connectivity index (χ2v) is 5.70. The van der Waals surface area contributed by atoms with Crippen LogP contribution in [0.1, 0.15) is 38.8 Å². The Bertz CT molecular complexity index is 446. The average Bonchev–Trinajstić information content (AvgIpc) is 3.08. The normalized spacial score (nSPS) is 16.7. The molecule has 1 atom stereocenters. The molecule has 1 fully saturated rings. The van der Waals surface area contributed by atoms with Gasteiger partial charge in [-0.3, -0.25) is 9.88 Å². The van der Waals surface area contributed by atoms with Crippen LogP contribution >= 0.6 is 24.0 Å². The maximum atomic E-state index is 4.63. The second-order valence-electron chi connectivity index (χ2n) is 5.70. The molecule has 1 saturated heterocycles. The third kappa shape index (κ3) is 7.03. The number of aliphatic imine (C=N–C) groups is 1. The van der Waals surface area contributed by atoms with E-state index in [1.165, 1.54) is 32.4 Å². The summed E-state index contributed by atoms with van der Waals surface area (Å²) in [5.41, 5.74) is 0.992. The van der Waals surface area contributed by atoms with Gasteiger partial charge in [0, 0.05) is 25.3 Å². The SMILES string of the molecule is CCNC(=NCc1ccccn1)NCC(CC)N1CCCC1.I. The number of nitrogens with zero attached hydrogens (tertiary/aromatic N) is 3. The highest BCUT2D eigenvalue weighted by Gasteiger charge is 2.20. The molecule has 2 rings (SSSR count). The third-order valence-electron chi connectivity index (χ3n) is 4.10. The first-order valence-corrected chi connectivity index (χ1v) is 8.49. The van der Waals surface area contributed by atoms with E-state index in [-0.39, 0.29) is 24.0 Å². The van der Waals surface area contributed by atoms with Crippen LogP contribution in [-0.2, 0) is 6.54 Å². The quantitative estimate of drug-likeness (QED) is 0.396. The summed E-state index contributed by atoms with van der Waals surface area (Å²) >= 11 is 0. The molecule has 2 heterocycles. The summed E-state index contributed by atoms with van der Waals surface area (Å²) in [6.45, 7) is 9.26. The predicted molar refractivity (Wildman–Crippen MR) is 107 cm³/mol. The summed E-state index contributed by atoms with van der Waals surface area (Å²) in [5.74, 6) is 0.880. The van der Waals surface area contributed by atoms with Gasteiger partial charge < -0.3 is 10.6 Å². The molecule has 1 aromatic rings. The number of nitrogens with one attached hydrogen (secondary N) is 2. The van der Waals surface area contributed by atoms with Gasteiger partial charge in [-0.05, 0) is 51.4 Å². The Kier molecular flexibility index (Phi) is 10.2. The van der Waals surface area contributed by atoms with E-state index < -0.39 is 0 Å². The lowest BCUT2D eigenvalue weighted by Gasteiger charge is -2.27. The molecule has 0 aromatic carbocycles. The van der Waals surface area contributed by atoms with Gasteiger partial charge in [0.05, 0.1) is 12.2 Å². The first kappa shape index (κ1) is 20.2.